The van der Waals surface area contributed by atoms with Crippen molar-refractivity contribution in [3.63, 3.8) is 0 Å². The molecule has 2 aromatic heterocycles. The topological polar surface area (TPSA) is 64.5 Å². The van der Waals surface area contributed by atoms with Crippen LogP contribution in [0.5, 0.6) is 0 Å². The average Bonchev–Trinajstić information content (AvgIpc) is 2.52. The van der Waals surface area contributed by atoms with Crippen molar-refractivity contribution < 1.29 is 0 Å². The summed E-state index contributed by atoms with van der Waals surface area (Å²) in [6, 6.07) is 2.14. The first-order chi connectivity index (χ1) is 12.2. The van der Waals surface area contributed by atoms with E-state index >= 15 is 0 Å². The summed E-state index contributed by atoms with van der Waals surface area (Å²) >= 11 is 0. The van der Waals surface area contributed by atoms with Crippen molar-refractivity contribution in [2.75, 3.05) is 0 Å². The second-order valence-corrected chi connectivity index (χ2v) is 10.5. The lowest BCUT2D eigenvalue weighted by molar-refractivity contribution is 0.455. The summed E-state index contributed by atoms with van der Waals surface area (Å²) in [5.74, 6) is 2.82. The third-order valence-corrected chi connectivity index (χ3v) is 4.55. The highest BCUT2D eigenvalue weighted by molar-refractivity contribution is 5.22. The van der Waals surface area contributed by atoms with E-state index in [1.807, 2.05) is 0 Å². The van der Waals surface area contributed by atoms with Gasteiger partial charge in [-0.15, -0.1) is 0 Å². The molecule has 0 bridgehead atoms. The fraction of sp³-hybridized carbons (Fsp3) is 0.682. The molecule has 0 radical (unpaired) electrons. The molecular weight excluding hydrogens is 334 g/mol. The normalized spacial score (nSPS) is 13.3. The lowest BCUT2D eigenvalue weighted by Crippen LogP contribution is -2.28. The highest BCUT2D eigenvalue weighted by Crippen LogP contribution is 2.29. The standard InChI is InChI=1S/C22H35N5/c1-14(2)17-25-15(11-16(26-17)20(3,4)5)12-22(9,10)19-24-13-23-18(27-19)21(6,7)8/h11,13-14H,12H2,1-10H3. The first-order valence-electron chi connectivity index (χ1n) is 9.78. The van der Waals surface area contributed by atoms with Gasteiger partial charge in [-0.2, -0.15) is 0 Å². The van der Waals surface area contributed by atoms with Gasteiger partial charge < -0.3 is 0 Å². The van der Waals surface area contributed by atoms with E-state index in [2.05, 4.69) is 85.3 Å². The molecule has 0 aliphatic carbocycles. The third-order valence-electron chi connectivity index (χ3n) is 4.55. The summed E-state index contributed by atoms with van der Waals surface area (Å²) in [4.78, 5) is 23.3. The van der Waals surface area contributed by atoms with E-state index in [1.54, 1.807) is 6.33 Å². The Labute approximate surface area is 164 Å². The zero-order chi connectivity index (χ0) is 20.6. The Morgan fingerprint density at radius 3 is 1.89 bits per heavy atom. The maximum atomic E-state index is 4.85. The highest BCUT2D eigenvalue weighted by Gasteiger charge is 2.29. The van der Waals surface area contributed by atoms with E-state index in [-0.39, 0.29) is 16.2 Å². The molecule has 2 heterocycles. The van der Waals surface area contributed by atoms with E-state index in [9.17, 15) is 0 Å². The van der Waals surface area contributed by atoms with Crippen LogP contribution in [0.3, 0.4) is 0 Å². The lowest BCUT2D eigenvalue weighted by atomic mass is 9.84. The molecule has 0 unspecified atom stereocenters. The second kappa shape index (κ2) is 7.25. The van der Waals surface area contributed by atoms with Gasteiger partial charge in [0.15, 0.2) is 0 Å². The molecule has 27 heavy (non-hydrogen) atoms. The second-order valence-electron chi connectivity index (χ2n) is 10.5. The summed E-state index contributed by atoms with van der Waals surface area (Å²) in [7, 11) is 0. The molecule has 0 saturated heterocycles. The van der Waals surface area contributed by atoms with Gasteiger partial charge in [-0.1, -0.05) is 69.2 Å². The SMILES string of the molecule is CC(C)c1nc(CC(C)(C)c2ncnc(C(C)(C)C)n2)cc(C(C)(C)C)n1. The van der Waals surface area contributed by atoms with Gasteiger partial charge in [0.1, 0.15) is 23.8 Å². The molecule has 0 spiro atoms. The number of hydrogen-bond donors (Lipinski definition) is 0. The Hall–Kier alpha value is -1.91. The van der Waals surface area contributed by atoms with Crippen molar-refractivity contribution in [1.29, 1.82) is 0 Å². The van der Waals surface area contributed by atoms with Gasteiger partial charge in [0, 0.05) is 40.0 Å². The Morgan fingerprint density at radius 1 is 0.778 bits per heavy atom. The van der Waals surface area contributed by atoms with Crippen molar-refractivity contribution in [3.8, 4) is 0 Å². The van der Waals surface area contributed by atoms with E-state index in [0.717, 1.165) is 35.3 Å². The van der Waals surface area contributed by atoms with E-state index in [1.165, 1.54) is 0 Å². The molecule has 5 nitrogen and oxygen atoms in total. The van der Waals surface area contributed by atoms with Crippen molar-refractivity contribution in [1.82, 2.24) is 24.9 Å². The fourth-order valence-corrected chi connectivity index (χ4v) is 2.77. The molecule has 148 valence electrons. The monoisotopic (exact) mass is 369 g/mol. The summed E-state index contributed by atoms with van der Waals surface area (Å²) in [5, 5.41) is 0. The zero-order valence-corrected chi connectivity index (χ0v) is 18.7. The molecule has 0 atom stereocenters. The van der Waals surface area contributed by atoms with Gasteiger partial charge in [0.05, 0.1) is 0 Å². The molecule has 0 saturated carbocycles. The van der Waals surface area contributed by atoms with Crippen LogP contribution in [-0.2, 0) is 22.7 Å². The minimum atomic E-state index is -0.249. The van der Waals surface area contributed by atoms with Crippen molar-refractivity contribution in [2.24, 2.45) is 0 Å². The Kier molecular flexibility index (Phi) is 5.74. The maximum Gasteiger partial charge on any atom is 0.138 e. The van der Waals surface area contributed by atoms with Gasteiger partial charge in [-0.3, -0.25) is 0 Å². The average molecular weight is 370 g/mol. The van der Waals surface area contributed by atoms with Crippen molar-refractivity contribution in [3.05, 3.63) is 41.3 Å². The van der Waals surface area contributed by atoms with Crippen LogP contribution in [0.25, 0.3) is 0 Å². The number of hydrogen-bond acceptors (Lipinski definition) is 5. The van der Waals surface area contributed by atoms with E-state index in [0.29, 0.717) is 5.92 Å². The largest absolute Gasteiger partial charge is 0.238 e. The smallest absolute Gasteiger partial charge is 0.138 e. The maximum absolute atomic E-state index is 4.85. The van der Waals surface area contributed by atoms with Crippen LogP contribution < -0.4 is 0 Å². The molecule has 0 amide bonds. The fourth-order valence-electron chi connectivity index (χ4n) is 2.77. The van der Waals surface area contributed by atoms with Crippen molar-refractivity contribution >= 4 is 0 Å². The minimum Gasteiger partial charge on any atom is -0.238 e. The predicted octanol–water partition coefficient (Wildman–Crippen LogP) is 4.90. The van der Waals surface area contributed by atoms with E-state index < -0.39 is 0 Å². The molecule has 0 aliphatic rings. The molecule has 2 rings (SSSR count). The summed E-state index contributed by atoms with van der Waals surface area (Å²) in [6.07, 6.45) is 2.39. The molecular formula is C22H35N5. The number of rotatable bonds is 4. The lowest BCUT2D eigenvalue weighted by Gasteiger charge is -2.26. The molecule has 0 fully saturated rings. The zero-order valence-electron chi connectivity index (χ0n) is 18.7. The van der Waals surface area contributed by atoms with E-state index in [4.69, 9.17) is 15.0 Å². The van der Waals surface area contributed by atoms with Crippen LogP contribution in [-0.4, -0.2) is 24.9 Å². The van der Waals surface area contributed by atoms with Crippen LogP contribution in [0.2, 0.25) is 0 Å². The summed E-state index contributed by atoms with van der Waals surface area (Å²) < 4.78 is 0. The minimum absolute atomic E-state index is 0.0158. The van der Waals surface area contributed by atoms with Gasteiger partial charge >= 0.3 is 0 Å². The molecule has 0 N–H and O–H groups in total. The van der Waals surface area contributed by atoms with Crippen LogP contribution in [0.4, 0.5) is 0 Å². The number of nitrogens with zero attached hydrogens (tertiary/aromatic N) is 5. The predicted molar refractivity (Wildman–Crippen MR) is 110 cm³/mol. The molecule has 0 aliphatic heterocycles. The van der Waals surface area contributed by atoms with Crippen LogP contribution in [0.1, 0.15) is 104 Å². The Bertz CT molecular complexity index is 795. The van der Waals surface area contributed by atoms with Crippen LogP contribution in [0, 0.1) is 0 Å². The van der Waals surface area contributed by atoms with Gasteiger partial charge in [-0.25, -0.2) is 24.9 Å². The van der Waals surface area contributed by atoms with Crippen LogP contribution in [0.15, 0.2) is 12.4 Å². The number of aromatic nitrogens is 5. The summed E-state index contributed by atoms with van der Waals surface area (Å²) in [5.41, 5.74) is 1.76. The molecule has 2 aromatic rings. The first-order valence-corrected chi connectivity index (χ1v) is 9.78. The Morgan fingerprint density at radius 2 is 1.37 bits per heavy atom. The van der Waals surface area contributed by atoms with Crippen molar-refractivity contribution in [2.45, 2.75) is 97.8 Å². The summed E-state index contributed by atoms with van der Waals surface area (Å²) in [6.45, 7) is 21.5. The quantitative estimate of drug-likeness (QED) is 0.767. The highest BCUT2D eigenvalue weighted by atomic mass is 15.0. The van der Waals surface area contributed by atoms with Gasteiger partial charge in [0.25, 0.3) is 0 Å². The Balaban J connectivity index is 2.44. The molecule has 5 heteroatoms. The van der Waals surface area contributed by atoms with Gasteiger partial charge in [0.2, 0.25) is 0 Å². The van der Waals surface area contributed by atoms with Crippen LogP contribution >= 0.6 is 0 Å². The molecule has 0 aromatic carbocycles. The third kappa shape index (κ3) is 5.30. The first kappa shape index (κ1) is 21.4. The van der Waals surface area contributed by atoms with Gasteiger partial charge in [-0.05, 0) is 6.07 Å².